The molecule has 0 saturated heterocycles. The number of pyridine rings is 1. The first-order valence-electron chi connectivity index (χ1n) is 11.3. The van der Waals surface area contributed by atoms with Gasteiger partial charge in [0.2, 0.25) is 0 Å². The Morgan fingerprint density at radius 3 is 1.67 bits per heavy atom. The molecule has 6 nitrogen and oxygen atoms in total. The molecule has 33 heavy (non-hydrogen) atoms. The summed E-state index contributed by atoms with van der Waals surface area (Å²) in [6.07, 6.45) is 7.87. The van der Waals surface area contributed by atoms with Crippen LogP contribution < -0.4 is 10.6 Å². The van der Waals surface area contributed by atoms with Gasteiger partial charge in [0.25, 0.3) is 11.8 Å². The number of hydrogen-bond acceptors (Lipinski definition) is 4. The highest BCUT2D eigenvalue weighted by atomic mass is 16.2. The molecule has 1 aromatic heterocycles. The van der Waals surface area contributed by atoms with Crippen molar-refractivity contribution in [3.05, 3.63) is 101 Å². The van der Waals surface area contributed by atoms with Crippen LogP contribution in [0.3, 0.4) is 0 Å². The van der Waals surface area contributed by atoms with E-state index >= 15 is 0 Å². The van der Waals surface area contributed by atoms with Crippen molar-refractivity contribution in [1.82, 2.24) is 15.6 Å². The zero-order chi connectivity index (χ0) is 23.0. The molecule has 0 bridgehead atoms. The van der Waals surface area contributed by atoms with Gasteiger partial charge in [0.05, 0.1) is 0 Å². The third-order valence-electron chi connectivity index (χ3n) is 6.04. The maximum atomic E-state index is 13.0. The Labute approximate surface area is 193 Å². The number of ketones is 1. The minimum Gasteiger partial charge on any atom is -0.347 e. The Morgan fingerprint density at radius 2 is 1.09 bits per heavy atom. The summed E-state index contributed by atoms with van der Waals surface area (Å²) in [5, 5.41) is 6.21. The van der Waals surface area contributed by atoms with Crippen LogP contribution in [0.15, 0.2) is 79.1 Å². The van der Waals surface area contributed by atoms with Crippen LogP contribution in [-0.4, -0.2) is 34.7 Å². The van der Waals surface area contributed by atoms with Gasteiger partial charge in [-0.15, -0.1) is 0 Å². The molecular formula is C27H27N3O3. The predicted octanol–water partition coefficient (Wildman–Crippen LogP) is 4.17. The Balaban J connectivity index is 1.43. The number of hydrogen-bond donors (Lipinski definition) is 2. The lowest BCUT2D eigenvalue weighted by Gasteiger charge is -2.27. The molecule has 1 aliphatic rings. The molecule has 0 unspecified atom stereocenters. The lowest BCUT2D eigenvalue weighted by atomic mass is 10.00. The molecule has 2 N–H and O–H groups in total. The van der Waals surface area contributed by atoms with Gasteiger partial charge in [-0.25, -0.2) is 0 Å². The van der Waals surface area contributed by atoms with Gasteiger partial charge in [-0.05, 0) is 37.1 Å². The fourth-order valence-corrected chi connectivity index (χ4v) is 4.19. The number of benzene rings is 2. The predicted molar refractivity (Wildman–Crippen MR) is 126 cm³/mol. The average molecular weight is 442 g/mol. The summed E-state index contributed by atoms with van der Waals surface area (Å²) >= 11 is 0. The molecule has 2 aromatic carbocycles. The van der Waals surface area contributed by atoms with E-state index in [-0.39, 0.29) is 29.7 Å². The first kappa shape index (κ1) is 22.4. The summed E-state index contributed by atoms with van der Waals surface area (Å²) in [6, 6.07) is 18.8. The van der Waals surface area contributed by atoms with E-state index in [1.807, 2.05) is 18.2 Å². The van der Waals surface area contributed by atoms with Crippen LogP contribution in [0.1, 0.15) is 68.7 Å². The maximum Gasteiger partial charge on any atom is 0.251 e. The van der Waals surface area contributed by atoms with Gasteiger partial charge >= 0.3 is 0 Å². The van der Waals surface area contributed by atoms with E-state index in [1.165, 1.54) is 0 Å². The third-order valence-corrected chi connectivity index (χ3v) is 6.04. The Hall–Kier alpha value is -3.80. The summed E-state index contributed by atoms with van der Waals surface area (Å²) in [5.74, 6) is -0.443. The molecule has 0 aliphatic heterocycles. The minimum atomic E-state index is -0.205. The second kappa shape index (κ2) is 10.7. The van der Waals surface area contributed by atoms with E-state index in [1.54, 1.807) is 60.9 Å². The number of rotatable bonds is 6. The van der Waals surface area contributed by atoms with E-state index in [0.717, 1.165) is 32.1 Å². The minimum absolute atomic E-state index is 0.0785. The first-order valence-corrected chi connectivity index (χ1v) is 11.3. The number of carbonyl (C=O) groups excluding carboxylic acids is 3. The van der Waals surface area contributed by atoms with E-state index < -0.39 is 0 Å². The Morgan fingerprint density at radius 1 is 0.606 bits per heavy atom. The molecule has 1 heterocycles. The van der Waals surface area contributed by atoms with Crippen LogP contribution in [0.25, 0.3) is 0 Å². The lowest BCUT2D eigenvalue weighted by Crippen LogP contribution is -2.51. The van der Waals surface area contributed by atoms with Crippen LogP contribution in [0.2, 0.25) is 0 Å². The maximum absolute atomic E-state index is 13.0. The van der Waals surface area contributed by atoms with Gasteiger partial charge < -0.3 is 10.6 Å². The molecule has 2 amide bonds. The molecule has 0 radical (unpaired) electrons. The molecule has 1 aliphatic carbocycles. The zero-order valence-corrected chi connectivity index (χ0v) is 18.4. The highest BCUT2D eigenvalue weighted by Gasteiger charge is 2.27. The fourth-order valence-electron chi connectivity index (χ4n) is 4.19. The van der Waals surface area contributed by atoms with E-state index in [9.17, 15) is 14.4 Å². The van der Waals surface area contributed by atoms with Crippen molar-refractivity contribution in [2.75, 3.05) is 0 Å². The third kappa shape index (κ3) is 5.71. The summed E-state index contributed by atoms with van der Waals surface area (Å²) in [4.78, 5) is 42.2. The largest absolute Gasteiger partial charge is 0.347 e. The first-order chi connectivity index (χ1) is 16.1. The highest BCUT2D eigenvalue weighted by Crippen LogP contribution is 2.20. The molecule has 0 spiro atoms. The SMILES string of the molecule is O=C(N[C@@H]1CCCCC[C@H]1NC(=O)c1ccc(C(=O)c2ccccc2)cc1)c1ccncc1. The second-order valence-electron chi connectivity index (χ2n) is 8.31. The van der Waals surface area contributed by atoms with Gasteiger partial charge in [0, 0.05) is 46.7 Å². The highest BCUT2D eigenvalue weighted by molar-refractivity contribution is 6.09. The van der Waals surface area contributed by atoms with Crippen molar-refractivity contribution in [1.29, 1.82) is 0 Å². The van der Waals surface area contributed by atoms with Gasteiger partial charge in [0.15, 0.2) is 5.78 Å². The second-order valence-corrected chi connectivity index (χ2v) is 8.31. The molecule has 3 aromatic rings. The van der Waals surface area contributed by atoms with Crippen LogP contribution in [0.4, 0.5) is 0 Å². The molecule has 1 fully saturated rings. The standard InChI is InChI=1S/C27H27N3O3/c31-25(19-7-3-1-4-8-19)20-11-13-21(14-12-20)26(32)29-23-9-5-2-6-10-24(23)30-27(33)22-15-17-28-18-16-22/h1,3-4,7-8,11-18,23-24H,2,5-6,9-10H2,(H,29,32)(H,30,33)/t23-,24-/m1/s1. The van der Waals surface area contributed by atoms with Crippen LogP contribution in [0, 0.1) is 0 Å². The quantitative estimate of drug-likeness (QED) is 0.444. The van der Waals surface area contributed by atoms with E-state index in [2.05, 4.69) is 15.6 Å². The molecule has 168 valence electrons. The van der Waals surface area contributed by atoms with Crippen LogP contribution in [-0.2, 0) is 0 Å². The smallest absolute Gasteiger partial charge is 0.251 e. The molecule has 2 atom stereocenters. The van der Waals surface area contributed by atoms with Gasteiger partial charge in [0.1, 0.15) is 0 Å². The average Bonchev–Trinajstić information content (AvgIpc) is 3.09. The van der Waals surface area contributed by atoms with Crippen molar-refractivity contribution in [2.24, 2.45) is 0 Å². The van der Waals surface area contributed by atoms with E-state index in [0.29, 0.717) is 22.3 Å². The normalized spacial score (nSPS) is 18.1. The number of nitrogens with one attached hydrogen (secondary N) is 2. The van der Waals surface area contributed by atoms with Crippen molar-refractivity contribution in [2.45, 2.75) is 44.2 Å². The van der Waals surface area contributed by atoms with Gasteiger partial charge in [-0.1, -0.05) is 61.7 Å². The summed E-state index contributed by atoms with van der Waals surface area (Å²) in [6.45, 7) is 0. The summed E-state index contributed by atoms with van der Waals surface area (Å²) in [7, 11) is 0. The number of aromatic nitrogens is 1. The Kier molecular flexibility index (Phi) is 7.25. The van der Waals surface area contributed by atoms with Crippen molar-refractivity contribution in [3.63, 3.8) is 0 Å². The van der Waals surface area contributed by atoms with Crippen molar-refractivity contribution >= 4 is 17.6 Å². The topological polar surface area (TPSA) is 88.2 Å². The fraction of sp³-hybridized carbons (Fsp3) is 0.259. The van der Waals surface area contributed by atoms with Gasteiger partial charge in [-0.3, -0.25) is 19.4 Å². The van der Waals surface area contributed by atoms with Crippen LogP contribution in [0.5, 0.6) is 0 Å². The van der Waals surface area contributed by atoms with E-state index in [4.69, 9.17) is 0 Å². The monoisotopic (exact) mass is 441 g/mol. The molecular weight excluding hydrogens is 414 g/mol. The lowest BCUT2D eigenvalue weighted by molar-refractivity contribution is 0.0879. The molecule has 4 rings (SSSR count). The summed E-state index contributed by atoms with van der Waals surface area (Å²) < 4.78 is 0. The zero-order valence-electron chi connectivity index (χ0n) is 18.4. The van der Waals surface area contributed by atoms with Gasteiger partial charge in [-0.2, -0.15) is 0 Å². The Bertz CT molecular complexity index is 1100. The van der Waals surface area contributed by atoms with Crippen LogP contribution >= 0.6 is 0 Å². The summed E-state index contributed by atoms with van der Waals surface area (Å²) in [5.41, 5.74) is 2.19. The number of amides is 2. The molecule has 1 saturated carbocycles. The number of carbonyl (C=O) groups is 3. The van der Waals surface area contributed by atoms with Crippen molar-refractivity contribution < 1.29 is 14.4 Å². The number of nitrogens with zero attached hydrogens (tertiary/aromatic N) is 1. The van der Waals surface area contributed by atoms with Crippen molar-refractivity contribution in [3.8, 4) is 0 Å². The molecule has 6 heteroatoms.